The fraction of sp³-hybridized carbons (Fsp3) is 0.333. The molecule has 4 nitrogen and oxygen atoms in total. The van der Waals surface area contributed by atoms with Gasteiger partial charge in [-0.15, -0.1) is 0 Å². The van der Waals surface area contributed by atoms with Crippen molar-refractivity contribution in [3.8, 4) is 5.75 Å². The minimum absolute atomic E-state index is 0.254. The van der Waals surface area contributed by atoms with Crippen LogP contribution in [-0.4, -0.2) is 20.5 Å². The summed E-state index contributed by atoms with van der Waals surface area (Å²) in [7, 11) is -5.78. The van der Waals surface area contributed by atoms with E-state index in [1.165, 1.54) is 12.1 Å². The van der Waals surface area contributed by atoms with Crippen LogP contribution in [0.2, 0.25) is 0 Å². The van der Waals surface area contributed by atoms with Crippen molar-refractivity contribution in [2.24, 2.45) is 0 Å². The highest BCUT2D eigenvalue weighted by Gasteiger charge is 2.47. The zero-order valence-electron chi connectivity index (χ0n) is 9.02. The van der Waals surface area contributed by atoms with Gasteiger partial charge in [-0.25, -0.2) is 0 Å². The summed E-state index contributed by atoms with van der Waals surface area (Å²) in [5, 5.41) is 0. The smallest absolute Gasteiger partial charge is 0.434 e. The summed E-state index contributed by atoms with van der Waals surface area (Å²) >= 11 is 0. The standard InChI is InChI=1S/C9H7F5O4S/c10-8(11)18-7-4-2-1-3-6(7)5-17-19(15,16)9(12,13)14/h1-4,8H,5H2. The molecule has 0 aliphatic rings. The van der Waals surface area contributed by atoms with Gasteiger partial charge in [0.15, 0.2) is 0 Å². The molecule has 0 aliphatic carbocycles. The highest BCUT2D eigenvalue weighted by Crippen LogP contribution is 2.27. The van der Waals surface area contributed by atoms with Crippen molar-refractivity contribution in [1.29, 1.82) is 0 Å². The summed E-state index contributed by atoms with van der Waals surface area (Å²) in [6.45, 7) is -4.26. The number of ether oxygens (including phenoxy) is 1. The van der Waals surface area contributed by atoms with Crippen LogP contribution in [-0.2, 0) is 20.9 Å². The third kappa shape index (κ3) is 4.31. The van der Waals surface area contributed by atoms with Gasteiger partial charge in [-0.2, -0.15) is 30.4 Å². The molecule has 0 aliphatic heterocycles. The summed E-state index contributed by atoms with van der Waals surface area (Å²) in [6.07, 6.45) is 0. The highest BCUT2D eigenvalue weighted by molar-refractivity contribution is 7.87. The van der Waals surface area contributed by atoms with Crippen LogP contribution in [0.3, 0.4) is 0 Å². The third-order valence-electron chi connectivity index (χ3n) is 1.84. The average molecular weight is 306 g/mol. The number of halogens is 5. The zero-order chi connectivity index (χ0) is 14.7. The lowest BCUT2D eigenvalue weighted by Crippen LogP contribution is -2.25. The van der Waals surface area contributed by atoms with Gasteiger partial charge in [0.2, 0.25) is 0 Å². The topological polar surface area (TPSA) is 52.6 Å². The van der Waals surface area contributed by atoms with Crippen LogP contribution >= 0.6 is 0 Å². The molecule has 19 heavy (non-hydrogen) atoms. The number of benzene rings is 1. The Labute approximate surface area is 104 Å². The van der Waals surface area contributed by atoms with Gasteiger partial charge in [0.1, 0.15) is 5.75 Å². The number of rotatable bonds is 5. The quantitative estimate of drug-likeness (QED) is 0.477. The first-order chi connectivity index (χ1) is 8.63. The van der Waals surface area contributed by atoms with Gasteiger partial charge in [-0.1, -0.05) is 18.2 Å². The molecular weight excluding hydrogens is 299 g/mol. The Bertz CT molecular complexity index is 526. The molecule has 108 valence electrons. The molecule has 0 N–H and O–H groups in total. The molecule has 10 heteroatoms. The predicted octanol–water partition coefficient (Wildman–Crippen LogP) is 2.65. The largest absolute Gasteiger partial charge is 0.523 e. The van der Waals surface area contributed by atoms with Crippen LogP contribution in [0.25, 0.3) is 0 Å². The predicted molar refractivity (Wildman–Crippen MR) is 52.8 cm³/mol. The first kappa shape index (κ1) is 15.6. The van der Waals surface area contributed by atoms with Crippen molar-refractivity contribution in [3.05, 3.63) is 29.8 Å². The summed E-state index contributed by atoms with van der Waals surface area (Å²) in [5.41, 5.74) is -5.83. The molecule has 0 spiro atoms. The van der Waals surface area contributed by atoms with Crippen LogP contribution in [0.15, 0.2) is 24.3 Å². The van der Waals surface area contributed by atoms with Crippen LogP contribution in [0, 0.1) is 0 Å². The molecule has 0 radical (unpaired) electrons. The van der Waals surface area contributed by atoms with E-state index in [9.17, 15) is 30.4 Å². The molecule has 1 aromatic rings. The highest BCUT2D eigenvalue weighted by atomic mass is 32.2. The Balaban J connectivity index is 2.84. The van der Waals surface area contributed by atoms with Gasteiger partial charge < -0.3 is 4.74 Å². The van der Waals surface area contributed by atoms with Crippen LogP contribution < -0.4 is 4.74 Å². The van der Waals surface area contributed by atoms with E-state index in [1.807, 2.05) is 0 Å². The van der Waals surface area contributed by atoms with Crippen LogP contribution in [0.4, 0.5) is 22.0 Å². The fourth-order valence-electron chi connectivity index (χ4n) is 1.04. The van der Waals surface area contributed by atoms with Crippen molar-refractivity contribution in [3.63, 3.8) is 0 Å². The molecule has 0 amide bonds. The van der Waals surface area contributed by atoms with Crippen molar-refractivity contribution < 1.29 is 39.3 Å². The Hall–Kier alpha value is -1.42. The summed E-state index contributed by atoms with van der Waals surface area (Å²) in [4.78, 5) is 0. The second kappa shape index (κ2) is 5.70. The molecule has 0 heterocycles. The Morgan fingerprint density at radius 1 is 1.16 bits per heavy atom. The molecule has 1 rings (SSSR count). The van der Waals surface area contributed by atoms with Gasteiger partial charge >= 0.3 is 22.2 Å². The SMILES string of the molecule is O=S(=O)(OCc1ccccc1OC(F)F)C(F)(F)F. The van der Waals surface area contributed by atoms with E-state index in [4.69, 9.17) is 0 Å². The molecule has 0 aromatic heterocycles. The van der Waals surface area contributed by atoms with Gasteiger partial charge in [0.05, 0.1) is 6.61 Å². The second-order valence-electron chi connectivity index (χ2n) is 3.15. The molecular formula is C9H7F5O4S. The minimum atomic E-state index is -5.78. The third-order valence-corrected chi connectivity index (χ3v) is 2.84. The number of alkyl halides is 5. The zero-order valence-corrected chi connectivity index (χ0v) is 9.84. The lowest BCUT2D eigenvalue weighted by molar-refractivity contribution is -0.0566. The van der Waals surface area contributed by atoms with Crippen molar-refractivity contribution in [1.82, 2.24) is 0 Å². The molecule has 0 atom stereocenters. The Kier molecular flexibility index (Phi) is 4.69. The van der Waals surface area contributed by atoms with Crippen molar-refractivity contribution >= 4 is 10.1 Å². The van der Waals surface area contributed by atoms with Crippen LogP contribution in [0.1, 0.15) is 5.56 Å². The first-order valence-electron chi connectivity index (χ1n) is 4.62. The van der Waals surface area contributed by atoms with E-state index in [0.717, 1.165) is 12.1 Å². The number of para-hydroxylation sites is 1. The maximum Gasteiger partial charge on any atom is 0.523 e. The van der Waals surface area contributed by atoms with Gasteiger partial charge in [-0.3, -0.25) is 4.18 Å². The monoisotopic (exact) mass is 306 g/mol. The normalized spacial score (nSPS) is 12.7. The molecule has 0 saturated heterocycles. The summed E-state index contributed by atoms with van der Waals surface area (Å²) in [5.74, 6) is -0.463. The second-order valence-corrected chi connectivity index (χ2v) is 4.76. The molecule has 0 saturated carbocycles. The van der Waals surface area contributed by atoms with Gasteiger partial charge in [0.25, 0.3) is 0 Å². The molecule has 1 aromatic carbocycles. The lowest BCUT2D eigenvalue weighted by Gasteiger charge is -2.11. The Morgan fingerprint density at radius 2 is 1.74 bits per heavy atom. The summed E-state index contributed by atoms with van der Waals surface area (Å²) in [6, 6.07) is 4.74. The molecule has 0 bridgehead atoms. The minimum Gasteiger partial charge on any atom is -0.434 e. The fourth-order valence-corrected chi connectivity index (χ4v) is 1.46. The van der Waals surface area contributed by atoms with E-state index in [2.05, 4.69) is 8.92 Å². The maximum atomic E-state index is 12.0. The van der Waals surface area contributed by atoms with Crippen molar-refractivity contribution in [2.45, 2.75) is 18.7 Å². The average Bonchev–Trinajstić information content (AvgIpc) is 2.25. The first-order valence-corrected chi connectivity index (χ1v) is 6.03. The molecule has 0 fully saturated rings. The van der Waals surface area contributed by atoms with E-state index in [0.29, 0.717) is 0 Å². The van der Waals surface area contributed by atoms with E-state index in [-0.39, 0.29) is 5.56 Å². The molecule has 0 unspecified atom stereocenters. The van der Waals surface area contributed by atoms with E-state index in [1.54, 1.807) is 0 Å². The van der Waals surface area contributed by atoms with E-state index >= 15 is 0 Å². The maximum absolute atomic E-state index is 12.0. The number of hydrogen-bond acceptors (Lipinski definition) is 4. The van der Waals surface area contributed by atoms with E-state index < -0.39 is 34.6 Å². The van der Waals surface area contributed by atoms with Gasteiger partial charge in [0, 0.05) is 5.56 Å². The van der Waals surface area contributed by atoms with Crippen LogP contribution in [0.5, 0.6) is 5.75 Å². The number of hydrogen-bond donors (Lipinski definition) is 0. The van der Waals surface area contributed by atoms with Crippen molar-refractivity contribution in [2.75, 3.05) is 0 Å². The lowest BCUT2D eigenvalue weighted by atomic mass is 10.2. The van der Waals surface area contributed by atoms with Gasteiger partial charge in [-0.05, 0) is 6.07 Å². The Morgan fingerprint density at radius 3 is 2.26 bits per heavy atom. The summed E-state index contributed by atoms with van der Waals surface area (Å²) < 4.78 is 88.9.